The summed E-state index contributed by atoms with van der Waals surface area (Å²) in [6.45, 7) is 4.72. The first-order valence-corrected chi connectivity index (χ1v) is 22.5. The molecule has 0 spiro atoms. The largest absolute Gasteiger partial charge is 0.228 e. The van der Waals surface area contributed by atoms with E-state index in [2.05, 4.69) is 238 Å². The summed E-state index contributed by atoms with van der Waals surface area (Å²) in [5.41, 5.74) is 19.7. The lowest BCUT2D eigenvalue weighted by Gasteiger charge is -2.22. The van der Waals surface area contributed by atoms with Crippen LogP contribution in [0.2, 0.25) is 0 Å². The Balaban J connectivity index is 1.04. The fourth-order valence-corrected chi connectivity index (χ4v) is 10.2. The predicted molar refractivity (Wildman–Crippen MR) is 273 cm³/mol. The van der Waals surface area contributed by atoms with Crippen LogP contribution >= 0.6 is 0 Å². The molecule has 1 aromatic heterocycles. The molecule has 1 aliphatic rings. The predicted octanol–water partition coefficient (Wildman–Crippen LogP) is 16.8. The fourth-order valence-electron chi connectivity index (χ4n) is 10.2. The van der Waals surface area contributed by atoms with Crippen LogP contribution in [0, 0.1) is 0 Å². The molecule has 2 nitrogen and oxygen atoms in total. The van der Waals surface area contributed by atoms with Crippen molar-refractivity contribution in [1.82, 2.24) is 9.97 Å². The molecule has 0 unspecified atom stereocenters. The quantitative estimate of drug-likeness (QED) is 0.160. The monoisotopic (exact) mass is 828 g/mol. The van der Waals surface area contributed by atoms with E-state index in [0.717, 1.165) is 39.0 Å². The van der Waals surface area contributed by atoms with Gasteiger partial charge in [0.25, 0.3) is 0 Å². The SMILES string of the molecule is CC1(C)c2ccccc2-c2ccc(-c3cc(-c4cccc5ccccc45)cc(-c4ccc(-c5cc(-c6cccc(-c7ccccc7)c6)nc(-c6ccccc6)n5)c5ccccc45)c3)cc21. The molecule has 0 amide bonds. The van der Waals surface area contributed by atoms with Gasteiger partial charge >= 0.3 is 0 Å². The summed E-state index contributed by atoms with van der Waals surface area (Å²) in [6, 6.07) is 83.5. The molecule has 2 heteroatoms. The average molecular weight is 829 g/mol. The van der Waals surface area contributed by atoms with E-state index < -0.39 is 0 Å². The van der Waals surface area contributed by atoms with Crippen molar-refractivity contribution >= 4 is 21.5 Å². The van der Waals surface area contributed by atoms with Crippen LogP contribution in [0.5, 0.6) is 0 Å². The molecule has 0 fully saturated rings. The van der Waals surface area contributed by atoms with E-state index in [0.29, 0.717) is 5.82 Å². The Morgan fingerprint density at radius 3 is 1.57 bits per heavy atom. The van der Waals surface area contributed by atoms with Gasteiger partial charge in [-0.25, -0.2) is 9.97 Å². The second-order valence-corrected chi connectivity index (χ2v) is 17.7. The summed E-state index contributed by atoms with van der Waals surface area (Å²) in [5.74, 6) is 0.699. The highest BCUT2D eigenvalue weighted by atomic mass is 14.9. The summed E-state index contributed by atoms with van der Waals surface area (Å²) >= 11 is 0. The molecule has 0 N–H and O–H groups in total. The summed E-state index contributed by atoms with van der Waals surface area (Å²) in [5, 5.41) is 4.78. The molecule has 0 saturated carbocycles. The Morgan fingerprint density at radius 2 is 0.769 bits per heavy atom. The Bertz CT molecular complexity index is 3620. The molecule has 1 aliphatic carbocycles. The molecule has 0 aliphatic heterocycles. The van der Waals surface area contributed by atoms with Crippen molar-refractivity contribution < 1.29 is 0 Å². The summed E-state index contributed by atoms with van der Waals surface area (Å²) in [7, 11) is 0. The van der Waals surface area contributed by atoms with Crippen molar-refractivity contribution in [1.29, 1.82) is 0 Å². The van der Waals surface area contributed by atoms with Gasteiger partial charge in [-0.1, -0.05) is 208 Å². The second kappa shape index (κ2) is 15.6. The van der Waals surface area contributed by atoms with Gasteiger partial charge in [0.2, 0.25) is 0 Å². The number of hydrogen-bond acceptors (Lipinski definition) is 2. The van der Waals surface area contributed by atoms with E-state index in [1.807, 2.05) is 6.07 Å². The van der Waals surface area contributed by atoms with Crippen LogP contribution in [-0.2, 0) is 5.41 Å². The highest BCUT2D eigenvalue weighted by Crippen LogP contribution is 2.50. The first kappa shape index (κ1) is 38.5. The van der Waals surface area contributed by atoms with Crippen LogP contribution in [0.15, 0.2) is 231 Å². The Morgan fingerprint density at radius 1 is 0.277 bits per heavy atom. The number of aromatic nitrogens is 2. The minimum absolute atomic E-state index is 0.101. The summed E-state index contributed by atoms with van der Waals surface area (Å²) in [4.78, 5) is 10.5. The van der Waals surface area contributed by atoms with Crippen molar-refractivity contribution in [3.05, 3.63) is 242 Å². The minimum Gasteiger partial charge on any atom is -0.228 e. The van der Waals surface area contributed by atoms with Gasteiger partial charge in [-0.3, -0.25) is 0 Å². The van der Waals surface area contributed by atoms with E-state index >= 15 is 0 Å². The molecule has 65 heavy (non-hydrogen) atoms. The van der Waals surface area contributed by atoms with Crippen LogP contribution in [-0.4, -0.2) is 9.97 Å². The van der Waals surface area contributed by atoms with Gasteiger partial charge in [-0.15, -0.1) is 0 Å². The van der Waals surface area contributed by atoms with E-state index in [4.69, 9.17) is 9.97 Å². The van der Waals surface area contributed by atoms with Gasteiger partial charge in [-0.2, -0.15) is 0 Å². The van der Waals surface area contributed by atoms with Gasteiger partial charge in [0, 0.05) is 22.1 Å². The molecule has 0 atom stereocenters. The van der Waals surface area contributed by atoms with Crippen molar-refractivity contribution in [3.8, 4) is 89.5 Å². The Kier molecular flexibility index (Phi) is 9.21. The van der Waals surface area contributed by atoms with E-state index in [9.17, 15) is 0 Å². The molecule has 0 bridgehead atoms. The van der Waals surface area contributed by atoms with Crippen LogP contribution in [0.4, 0.5) is 0 Å². The maximum atomic E-state index is 5.31. The molecule has 0 saturated heterocycles. The zero-order chi connectivity index (χ0) is 43.5. The second-order valence-electron chi connectivity index (χ2n) is 17.7. The standard InChI is InChI=1S/C63H44N2/c1-63(2)58-30-14-13-28-55(58)56-32-31-45(39-59(56)63)47-36-48(51-29-16-22-42-19-9-10-25-50(42)51)38-49(37-47)52-33-34-57(54-27-12-11-26-53(52)54)61-40-60(64-62(65-61)43-20-7-4-8-21-43)46-24-15-23-44(35-46)41-17-5-3-6-18-41/h3-40H,1-2H3. The molecular weight excluding hydrogens is 785 g/mol. The van der Waals surface area contributed by atoms with Crippen molar-refractivity contribution in [2.24, 2.45) is 0 Å². The van der Waals surface area contributed by atoms with Crippen LogP contribution in [0.1, 0.15) is 25.0 Å². The summed E-state index contributed by atoms with van der Waals surface area (Å²) in [6.07, 6.45) is 0. The van der Waals surface area contributed by atoms with Gasteiger partial charge in [0.05, 0.1) is 11.4 Å². The third kappa shape index (κ3) is 6.74. The molecule has 10 aromatic carbocycles. The number of fused-ring (bicyclic) bond motifs is 5. The minimum atomic E-state index is -0.101. The smallest absolute Gasteiger partial charge is 0.160 e. The molecule has 1 heterocycles. The van der Waals surface area contributed by atoms with E-state index in [1.165, 1.54) is 77.4 Å². The van der Waals surface area contributed by atoms with Gasteiger partial charge in [-0.05, 0) is 125 Å². The zero-order valence-electron chi connectivity index (χ0n) is 36.3. The topological polar surface area (TPSA) is 25.8 Å². The highest BCUT2D eigenvalue weighted by Gasteiger charge is 2.35. The van der Waals surface area contributed by atoms with E-state index in [1.54, 1.807) is 0 Å². The van der Waals surface area contributed by atoms with Crippen molar-refractivity contribution in [3.63, 3.8) is 0 Å². The Hall–Kier alpha value is -8.20. The summed E-state index contributed by atoms with van der Waals surface area (Å²) < 4.78 is 0. The van der Waals surface area contributed by atoms with Crippen molar-refractivity contribution in [2.45, 2.75) is 19.3 Å². The zero-order valence-corrected chi connectivity index (χ0v) is 36.3. The lowest BCUT2D eigenvalue weighted by atomic mass is 9.81. The Labute approximate surface area is 380 Å². The lowest BCUT2D eigenvalue weighted by molar-refractivity contribution is 0.660. The lowest BCUT2D eigenvalue weighted by Crippen LogP contribution is -2.14. The van der Waals surface area contributed by atoms with Gasteiger partial charge in [0.15, 0.2) is 5.82 Å². The van der Waals surface area contributed by atoms with Crippen LogP contribution < -0.4 is 0 Å². The van der Waals surface area contributed by atoms with E-state index in [-0.39, 0.29) is 5.41 Å². The fraction of sp³-hybridized carbons (Fsp3) is 0.0476. The normalized spacial score (nSPS) is 12.6. The van der Waals surface area contributed by atoms with Gasteiger partial charge in [0.1, 0.15) is 0 Å². The molecule has 12 rings (SSSR count). The highest BCUT2D eigenvalue weighted by molar-refractivity contribution is 6.06. The number of hydrogen-bond donors (Lipinski definition) is 0. The molecule has 306 valence electrons. The number of benzene rings is 10. The third-order valence-electron chi connectivity index (χ3n) is 13.5. The van der Waals surface area contributed by atoms with Crippen LogP contribution in [0.3, 0.4) is 0 Å². The third-order valence-corrected chi connectivity index (χ3v) is 13.5. The maximum Gasteiger partial charge on any atom is 0.160 e. The molecular formula is C63H44N2. The first-order valence-electron chi connectivity index (χ1n) is 22.5. The maximum absolute atomic E-state index is 5.31. The average Bonchev–Trinajstić information content (AvgIpc) is 3.61. The van der Waals surface area contributed by atoms with Crippen molar-refractivity contribution in [2.75, 3.05) is 0 Å². The van der Waals surface area contributed by atoms with Crippen LogP contribution in [0.25, 0.3) is 111 Å². The van der Waals surface area contributed by atoms with Gasteiger partial charge < -0.3 is 0 Å². The molecule has 11 aromatic rings. The number of nitrogens with zero attached hydrogens (tertiary/aromatic N) is 2. The number of rotatable bonds is 7. The first-order chi connectivity index (χ1) is 32.0. The molecule has 0 radical (unpaired) electrons.